The number of ether oxygens (including phenoxy) is 2. The largest absolute Gasteiger partial charge is 0.388 e. The van der Waals surface area contributed by atoms with Crippen LogP contribution in [0.25, 0.3) is 11.3 Å². The van der Waals surface area contributed by atoms with Crippen LogP contribution in [0.4, 0.5) is 17.1 Å². The number of nitrogens with one attached hydrogen (secondary N) is 1. The molecule has 3 aliphatic heterocycles. The van der Waals surface area contributed by atoms with Crippen molar-refractivity contribution in [1.29, 1.82) is 0 Å². The lowest BCUT2D eigenvalue weighted by Crippen LogP contribution is -2.44. The van der Waals surface area contributed by atoms with Crippen LogP contribution in [0.5, 0.6) is 0 Å². The van der Waals surface area contributed by atoms with Crippen LogP contribution in [0.15, 0.2) is 66.7 Å². The first-order valence-corrected chi connectivity index (χ1v) is 15.2. The van der Waals surface area contributed by atoms with Crippen molar-refractivity contribution in [3.05, 3.63) is 89.0 Å². The van der Waals surface area contributed by atoms with Gasteiger partial charge < -0.3 is 24.6 Å². The van der Waals surface area contributed by atoms with Crippen molar-refractivity contribution in [3.63, 3.8) is 0 Å². The van der Waals surface area contributed by atoms with Gasteiger partial charge in [-0.25, -0.2) is 0 Å². The Morgan fingerprint density at radius 1 is 1.02 bits per heavy atom. The number of aldehydes is 1. The summed E-state index contributed by atoms with van der Waals surface area (Å²) in [6.45, 7) is 3.99. The molecule has 3 aromatic carbocycles. The molecule has 228 valence electrons. The third kappa shape index (κ3) is 6.04. The quantitative estimate of drug-likeness (QED) is 0.319. The van der Waals surface area contributed by atoms with Gasteiger partial charge in [0, 0.05) is 68.1 Å². The number of fused-ring (bicyclic) bond motifs is 2. The Morgan fingerprint density at radius 2 is 1.77 bits per heavy atom. The van der Waals surface area contributed by atoms with E-state index >= 15 is 0 Å². The molecule has 0 aromatic heterocycles. The third-order valence-electron chi connectivity index (χ3n) is 8.36. The lowest BCUT2D eigenvalue weighted by atomic mass is 9.97. The molecular weight excluding hydrogens is 556 g/mol. The molecule has 1 N–H and O–H groups in total. The van der Waals surface area contributed by atoms with Crippen molar-refractivity contribution >= 4 is 46.4 Å². The summed E-state index contributed by atoms with van der Waals surface area (Å²) in [6, 6.07) is 22.0. The second-order valence-electron chi connectivity index (χ2n) is 11.5. The average molecular weight is 595 g/mol. The predicted molar refractivity (Wildman–Crippen MR) is 172 cm³/mol. The minimum absolute atomic E-state index is 0.124. The van der Waals surface area contributed by atoms with Gasteiger partial charge in [-0.15, -0.1) is 0 Å². The minimum Gasteiger partial charge on any atom is -0.388 e. The van der Waals surface area contributed by atoms with E-state index in [1.54, 1.807) is 26.4 Å². The summed E-state index contributed by atoms with van der Waals surface area (Å²) in [5, 5.41) is 2.99. The van der Waals surface area contributed by atoms with Crippen molar-refractivity contribution in [2.45, 2.75) is 25.3 Å². The first-order chi connectivity index (χ1) is 21.5. The van der Waals surface area contributed by atoms with Gasteiger partial charge in [0.1, 0.15) is 6.29 Å². The van der Waals surface area contributed by atoms with Crippen molar-refractivity contribution < 1.29 is 23.9 Å². The fraction of sp³-hybridized carbons (Fsp3) is 0.343. The van der Waals surface area contributed by atoms with Crippen LogP contribution in [0.1, 0.15) is 39.9 Å². The number of hydrogen-bond donors (Lipinski definition) is 1. The summed E-state index contributed by atoms with van der Waals surface area (Å²) in [5.74, 6) is -0.0490. The van der Waals surface area contributed by atoms with Gasteiger partial charge >= 0.3 is 0 Å². The molecule has 0 bridgehead atoms. The van der Waals surface area contributed by atoms with Crippen LogP contribution in [-0.4, -0.2) is 82.7 Å². The normalized spacial score (nSPS) is 18.5. The van der Waals surface area contributed by atoms with Gasteiger partial charge in [-0.1, -0.05) is 42.5 Å². The van der Waals surface area contributed by atoms with Gasteiger partial charge in [-0.2, -0.15) is 0 Å². The van der Waals surface area contributed by atoms with E-state index in [2.05, 4.69) is 38.1 Å². The highest BCUT2D eigenvalue weighted by atomic mass is 16.5. The number of hydrogen-bond acceptors (Lipinski definition) is 7. The molecule has 44 heavy (non-hydrogen) atoms. The maximum absolute atomic E-state index is 13.6. The summed E-state index contributed by atoms with van der Waals surface area (Å²) >= 11 is 0. The number of anilines is 3. The molecule has 0 spiro atoms. The van der Waals surface area contributed by atoms with E-state index in [1.165, 1.54) is 0 Å². The van der Waals surface area contributed by atoms with E-state index in [0.717, 1.165) is 72.4 Å². The number of amides is 2. The van der Waals surface area contributed by atoms with Gasteiger partial charge in [0.25, 0.3) is 5.91 Å². The van der Waals surface area contributed by atoms with Gasteiger partial charge in [0.2, 0.25) is 5.91 Å². The number of rotatable bonds is 7. The zero-order chi connectivity index (χ0) is 30.6. The summed E-state index contributed by atoms with van der Waals surface area (Å²) < 4.78 is 9.68. The molecule has 0 unspecified atom stereocenters. The molecule has 1 saturated carbocycles. The molecule has 3 aromatic rings. The van der Waals surface area contributed by atoms with E-state index in [0.29, 0.717) is 43.1 Å². The third-order valence-corrected chi connectivity index (χ3v) is 8.36. The molecular formula is C35H38N4O5. The number of carbonyl (C=O) groups excluding carboxylic acids is 3. The molecule has 0 atom stereocenters. The van der Waals surface area contributed by atoms with Gasteiger partial charge in [-0.05, 0) is 54.7 Å². The van der Waals surface area contributed by atoms with E-state index in [-0.39, 0.29) is 17.9 Å². The summed E-state index contributed by atoms with van der Waals surface area (Å²) in [6.07, 6.45) is 3.65. The molecule has 9 nitrogen and oxygen atoms in total. The Labute approximate surface area is 258 Å². The van der Waals surface area contributed by atoms with E-state index in [1.807, 2.05) is 41.3 Å². The fourth-order valence-corrected chi connectivity index (χ4v) is 6.19. The molecule has 2 amide bonds. The SMILES string of the molecule is COC.O=Cc1ccc2c(c1)NC(=O)/C2=C(/c1ccccc1)N(c1ccc2c(c1)CCN2C(=O)CN1CCOCC1)C1CC1. The van der Waals surface area contributed by atoms with Crippen LogP contribution in [0.2, 0.25) is 0 Å². The first kappa shape index (κ1) is 29.7. The number of nitrogens with zero attached hydrogens (tertiary/aromatic N) is 3. The van der Waals surface area contributed by atoms with Gasteiger partial charge in [0.15, 0.2) is 0 Å². The molecule has 9 heteroatoms. The topological polar surface area (TPSA) is 91.4 Å². The molecule has 0 radical (unpaired) electrons. The van der Waals surface area contributed by atoms with Crippen LogP contribution < -0.4 is 15.1 Å². The number of benzene rings is 3. The molecule has 4 aliphatic rings. The Bertz CT molecular complexity index is 1580. The maximum atomic E-state index is 13.6. The summed E-state index contributed by atoms with van der Waals surface area (Å²) in [7, 11) is 3.25. The Hall–Kier alpha value is -4.31. The smallest absolute Gasteiger partial charge is 0.258 e. The van der Waals surface area contributed by atoms with Crippen LogP contribution >= 0.6 is 0 Å². The summed E-state index contributed by atoms with van der Waals surface area (Å²) in [5.41, 5.74) is 7.55. The highest BCUT2D eigenvalue weighted by Crippen LogP contribution is 2.46. The monoisotopic (exact) mass is 594 g/mol. The van der Waals surface area contributed by atoms with Crippen LogP contribution in [-0.2, 0) is 25.5 Å². The van der Waals surface area contributed by atoms with Crippen molar-refractivity contribution in [2.24, 2.45) is 0 Å². The molecule has 1 saturated heterocycles. The lowest BCUT2D eigenvalue weighted by molar-refractivity contribution is -0.120. The number of morpholine rings is 1. The Balaban J connectivity index is 0.00000110. The average Bonchev–Trinajstić information content (AvgIpc) is 3.70. The Morgan fingerprint density at radius 3 is 2.48 bits per heavy atom. The van der Waals surface area contributed by atoms with E-state index < -0.39 is 0 Å². The van der Waals surface area contributed by atoms with E-state index in [9.17, 15) is 14.4 Å². The van der Waals surface area contributed by atoms with Gasteiger partial charge in [0.05, 0.1) is 31.0 Å². The lowest BCUT2D eigenvalue weighted by Gasteiger charge is -2.30. The molecule has 2 fully saturated rings. The molecule has 1 aliphatic carbocycles. The zero-order valence-corrected chi connectivity index (χ0v) is 25.3. The highest BCUT2D eigenvalue weighted by molar-refractivity contribution is 6.37. The minimum atomic E-state index is -0.173. The summed E-state index contributed by atoms with van der Waals surface area (Å²) in [4.78, 5) is 44.6. The van der Waals surface area contributed by atoms with Crippen LogP contribution in [0.3, 0.4) is 0 Å². The zero-order valence-electron chi connectivity index (χ0n) is 25.3. The number of methoxy groups -OCH3 is 1. The second kappa shape index (κ2) is 13.1. The fourth-order valence-electron chi connectivity index (χ4n) is 6.19. The second-order valence-corrected chi connectivity index (χ2v) is 11.5. The van der Waals surface area contributed by atoms with E-state index in [4.69, 9.17) is 4.74 Å². The first-order valence-electron chi connectivity index (χ1n) is 15.2. The van der Waals surface area contributed by atoms with Crippen molar-refractivity contribution in [3.8, 4) is 0 Å². The highest BCUT2D eigenvalue weighted by Gasteiger charge is 2.38. The van der Waals surface area contributed by atoms with Gasteiger partial charge in [-0.3, -0.25) is 19.3 Å². The Kier molecular flexibility index (Phi) is 8.88. The maximum Gasteiger partial charge on any atom is 0.258 e. The number of carbonyl (C=O) groups is 3. The predicted octanol–water partition coefficient (Wildman–Crippen LogP) is 4.47. The standard InChI is InChI=1S/C33H32N4O4.C2H6O/c38-21-22-6-10-27-28(18-22)34-33(40)31(27)32(23-4-2-1-3-5-23)37(25-7-8-25)26-9-11-29-24(19-26)12-13-36(29)30(39)20-35-14-16-41-17-15-35;1-3-2/h1-6,9-11,18-19,21,25H,7-8,12-17,20H2,(H,34,40);1-2H3/b32-31-;. The molecule has 3 heterocycles. The van der Waals surface area contributed by atoms with Crippen molar-refractivity contribution in [1.82, 2.24) is 4.90 Å². The van der Waals surface area contributed by atoms with Crippen molar-refractivity contribution in [2.75, 3.05) is 68.7 Å². The molecule has 7 rings (SSSR count). The van der Waals surface area contributed by atoms with Crippen LogP contribution in [0, 0.1) is 0 Å².